The molecule has 0 aliphatic rings. The maximum Gasteiger partial charge on any atom is 0.0999 e. The Labute approximate surface area is 179 Å². The summed E-state index contributed by atoms with van der Waals surface area (Å²) in [5.41, 5.74) is 8.49. The summed E-state index contributed by atoms with van der Waals surface area (Å²) >= 11 is 3.51. The number of hydrogen-bond donors (Lipinski definition) is 1. The minimum absolute atomic E-state index is 0.910. The molecule has 0 bridgehead atoms. The smallest absolute Gasteiger partial charge is 0.0999 e. The van der Waals surface area contributed by atoms with Crippen molar-refractivity contribution in [3.63, 3.8) is 0 Å². The van der Waals surface area contributed by atoms with Gasteiger partial charge in [-0.3, -0.25) is 5.10 Å². The van der Waals surface area contributed by atoms with Crippen LogP contribution in [-0.4, -0.2) is 10.2 Å². The van der Waals surface area contributed by atoms with Gasteiger partial charge in [0, 0.05) is 21.2 Å². The molecule has 142 valence electrons. The van der Waals surface area contributed by atoms with Crippen molar-refractivity contribution in [2.75, 3.05) is 0 Å². The average molecular weight is 441 g/mol. The van der Waals surface area contributed by atoms with Crippen molar-refractivity contribution in [2.45, 2.75) is 6.92 Å². The molecule has 3 heteroatoms. The summed E-state index contributed by atoms with van der Waals surface area (Å²) in [5, 5.41) is 7.91. The SMILES string of the molecule is C=Cc1c(-c2ccc(C)cc2)n[nH]c1/C(=C/c1ccc(Br)cc1)c1ccccc1. The number of aromatic amines is 1. The third-order valence-corrected chi connectivity index (χ3v) is 5.40. The second-order valence-corrected chi connectivity index (χ2v) is 7.82. The highest BCUT2D eigenvalue weighted by Gasteiger charge is 2.17. The summed E-state index contributed by atoms with van der Waals surface area (Å²) in [5.74, 6) is 0. The zero-order valence-corrected chi connectivity index (χ0v) is 17.8. The lowest BCUT2D eigenvalue weighted by molar-refractivity contribution is 1.08. The van der Waals surface area contributed by atoms with Crippen LogP contribution in [-0.2, 0) is 0 Å². The molecule has 0 spiro atoms. The van der Waals surface area contributed by atoms with Crippen LogP contribution >= 0.6 is 15.9 Å². The number of hydrogen-bond acceptors (Lipinski definition) is 1. The Kier molecular flexibility index (Phi) is 5.59. The largest absolute Gasteiger partial charge is 0.277 e. The molecule has 4 rings (SSSR count). The van der Waals surface area contributed by atoms with E-state index in [-0.39, 0.29) is 0 Å². The molecule has 4 aromatic rings. The van der Waals surface area contributed by atoms with Crippen LogP contribution in [0.3, 0.4) is 0 Å². The van der Waals surface area contributed by atoms with E-state index in [2.05, 4.69) is 106 Å². The van der Waals surface area contributed by atoms with E-state index in [0.29, 0.717) is 0 Å². The Hall–Kier alpha value is -3.17. The second kappa shape index (κ2) is 8.46. The van der Waals surface area contributed by atoms with E-state index < -0.39 is 0 Å². The van der Waals surface area contributed by atoms with Crippen LogP contribution < -0.4 is 0 Å². The lowest BCUT2D eigenvalue weighted by atomic mass is 9.95. The van der Waals surface area contributed by atoms with Crippen LogP contribution in [0, 0.1) is 6.92 Å². The van der Waals surface area contributed by atoms with Crippen LogP contribution in [0.4, 0.5) is 0 Å². The lowest BCUT2D eigenvalue weighted by Crippen LogP contribution is -1.92. The van der Waals surface area contributed by atoms with E-state index >= 15 is 0 Å². The van der Waals surface area contributed by atoms with Gasteiger partial charge in [0.05, 0.1) is 11.4 Å². The molecule has 0 saturated carbocycles. The fourth-order valence-corrected chi connectivity index (χ4v) is 3.59. The minimum atomic E-state index is 0.910. The molecule has 0 aliphatic heterocycles. The molecule has 2 nitrogen and oxygen atoms in total. The highest BCUT2D eigenvalue weighted by Crippen LogP contribution is 2.33. The third kappa shape index (κ3) is 4.15. The summed E-state index contributed by atoms with van der Waals surface area (Å²) in [6.07, 6.45) is 4.06. The average Bonchev–Trinajstić information content (AvgIpc) is 3.18. The van der Waals surface area contributed by atoms with E-state index in [0.717, 1.165) is 43.7 Å². The molecule has 1 N–H and O–H groups in total. The van der Waals surface area contributed by atoms with Gasteiger partial charge in [-0.1, -0.05) is 101 Å². The standard InChI is InChI=1S/C26H21BrN2/c1-3-23-25(21-13-9-18(2)10-14-21)28-29-26(23)24(20-7-5-4-6-8-20)17-19-11-15-22(27)16-12-19/h3-17H,1H2,2H3,(H,28,29)/b24-17+. The van der Waals surface area contributed by atoms with Crippen LogP contribution in [0.5, 0.6) is 0 Å². The molecule has 3 aromatic carbocycles. The topological polar surface area (TPSA) is 28.7 Å². The summed E-state index contributed by atoms with van der Waals surface area (Å²) in [7, 11) is 0. The van der Waals surface area contributed by atoms with Crippen molar-refractivity contribution in [1.29, 1.82) is 0 Å². The van der Waals surface area contributed by atoms with E-state index in [1.807, 2.05) is 24.3 Å². The zero-order chi connectivity index (χ0) is 20.2. The molecule has 29 heavy (non-hydrogen) atoms. The maximum absolute atomic E-state index is 4.64. The number of nitrogens with one attached hydrogen (secondary N) is 1. The zero-order valence-electron chi connectivity index (χ0n) is 16.2. The molecular formula is C26H21BrN2. The van der Waals surface area contributed by atoms with Crippen molar-refractivity contribution < 1.29 is 0 Å². The first-order valence-corrected chi connectivity index (χ1v) is 10.3. The molecule has 0 atom stereocenters. The normalized spacial score (nSPS) is 11.4. The highest BCUT2D eigenvalue weighted by atomic mass is 79.9. The van der Waals surface area contributed by atoms with E-state index in [1.54, 1.807) is 0 Å². The molecule has 0 amide bonds. The van der Waals surface area contributed by atoms with Gasteiger partial charge >= 0.3 is 0 Å². The number of aryl methyl sites for hydroxylation is 1. The Balaban J connectivity index is 1.88. The molecule has 0 fully saturated rings. The number of rotatable bonds is 5. The fourth-order valence-electron chi connectivity index (χ4n) is 3.33. The predicted molar refractivity (Wildman–Crippen MR) is 126 cm³/mol. The first-order valence-electron chi connectivity index (χ1n) is 9.46. The molecule has 1 heterocycles. The summed E-state index contributed by atoms with van der Waals surface area (Å²) in [6.45, 7) is 6.15. The van der Waals surface area contributed by atoms with Crippen molar-refractivity contribution in [2.24, 2.45) is 0 Å². The van der Waals surface area contributed by atoms with Gasteiger partial charge in [-0.25, -0.2) is 0 Å². The number of nitrogens with zero attached hydrogens (tertiary/aromatic N) is 1. The van der Waals surface area contributed by atoms with E-state index in [9.17, 15) is 0 Å². The van der Waals surface area contributed by atoms with Crippen molar-refractivity contribution in [1.82, 2.24) is 10.2 Å². The molecule has 0 saturated heterocycles. The number of aromatic nitrogens is 2. The van der Waals surface area contributed by atoms with Crippen LogP contribution in [0.2, 0.25) is 0 Å². The Morgan fingerprint density at radius 1 is 0.931 bits per heavy atom. The first kappa shape index (κ1) is 19.2. The fraction of sp³-hybridized carbons (Fsp3) is 0.0385. The number of benzene rings is 3. The quantitative estimate of drug-likeness (QED) is 0.322. The maximum atomic E-state index is 4.64. The highest BCUT2D eigenvalue weighted by molar-refractivity contribution is 9.10. The van der Waals surface area contributed by atoms with Gasteiger partial charge in [-0.2, -0.15) is 5.10 Å². The summed E-state index contributed by atoms with van der Waals surface area (Å²) in [4.78, 5) is 0. The Morgan fingerprint density at radius 2 is 1.62 bits per heavy atom. The first-order chi connectivity index (χ1) is 14.2. The van der Waals surface area contributed by atoms with Crippen LogP contribution in [0.25, 0.3) is 29.0 Å². The van der Waals surface area contributed by atoms with Crippen molar-refractivity contribution in [3.8, 4) is 11.3 Å². The molecule has 0 unspecified atom stereocenters. The Morgan fingerprint density at radius 3 is 2.28 bits per heavy atom. The van der Waals surface area contributed by atoms with E-state index in [1.165, 1.54) is 5.56 Å². The van der Waals surface area contributed by atoms with Gasteiger partial charge in [-0.05, 0) is 36.3 Å². The van der Waals surface area contributed by atoms with Crippen LogP contribution in [0.1, 0.15) is 27.9 Å². The monoisotopic (exact) mass is 440 g/mol. The summed E-state index contributed by atoms with van der Waals surface area (Å²) in [6, 6.07) is 27.1. The lowest BCUT2D eigenvalue weighted by Gasteiger charge is -2.09. The predicted octanol–water partition coefficient (Wildman–Crippen LogP) is 7.38. The van der Waals surface area contributed by atoms with Gasteiger partial charge in [0.15, 0.2) is 0 Å². The Bertz CT molecular complexity index is 1150. The summed E-state index contributed by atoms with van der Waals surface area (Å²) < 4.78 is 1.06. The van der Waals surface area contributed by atoms with E-state index in [4.69, 9.17) is 0 Å². The second-order valence-electron chi connectivity index (χ2n) is 6.91. The molecular weight excluding hydrogens is 420 g/mol. The third-order valence-electron chi connectivity index (χ3n) is 4.87. The van der Waals surface area contributed by atoms with Gasteiger partial charge in [0.25, 0.3) is 0 Å². The van der Waals surface area contributed by atoms with Crippen molar-refractivity contribution >= 4 is 33.7 Å². The molecule has 1 aromatic heterocycles. The minimum Gasteiger partial charge on any atom is -0.277 e. The van der Waals surface area contributed by atoms with Gasteiger partial charge in [0.2, 0.25) is 0 Å². The van der Waals surface area contributed by atoms with Gasteiger partial charge in [-0.15, -0.1) is 0 Å². The van der Waals surface area contributed by atoms with Crippen molar-refractivity contribution in [3.05, 3.63) is 118 Å². The van der Waals surface area contributed by atoms with Gasteiger partial charge in [0.1, 0.15) is 0 Å². The van der Waals surface area contributed by atoms with Gasteiger partial charge < -0.3 is 0 Å². The number of halogens is 1. The molecule has 0 aliphatic carbocycles. The van der Waals surface area contributed by atoms with Crippen LogP contribution in [0.15, 0.2) is 89.9 Å². The molecule has 0 radical (unpaired) electrons. The number of H-pyrrole nitrogens is 1.